The molecule has 150 valence electrons. The first-order chi connectivity index (χ1) is 14.7. The van der Waals surface area contributed by atoms with E-state index in [1.54, 1.807) is 11.3 Å². The zero-order valence-corrected chi connectivity index (χ0v) is 17.8. The van der Waals surface area contributed by atoms with E-state index < -0.39 is 0 Å². The van der Waals surface area contributed by atoms with Gasteiger partial charge >= 0.3 is 0 Å². The van der Waals surface area contributed by atoms with Crippen LogP contribution < -0.4 is 5.32 Å². The summed E-state index contributed by atoms with van der Waals surface area (Å²) in [5.41, 5.74) is 5.45. The molecule has 1 aromatic heterocycles. The van der Waals surface area contributed by atoms with Crippen LogP contribution in [0.1, 0.15) is 16.8 Å². The van der Waals surface area contributed by atoms with Crippen molar-refractivity contribution in [2.75, 3.05) is 6.54 Å². The number of hydrogen-bond acceptors (Lipinski definition) is 3. The first-order valence-electron chi connectivity index (χ1n) is 10.1. The van der Waals surface area contributed by atoms with Gasteiger partial charge in [0.2, 0.25) is 5.91 Å². The van der Waals surface area contributed by atoms with Gasteiger partial charge in [-0.25, -0.2) is 4.98 Å². The number of aromatic nitrogens is 1. The van der Waals surface area contributed by atoms with Crippen molar-refractivity contribution in [1.82, 2.24) is 10.3 Å². The average Bonchev–Trinajstić information content (AvgIpc) is 3.19. The quantitative estimate of drug-likeness (QED) is 0.424. The number of aryl methyl sites for hydroxylation is 1. The van der Waals surface area contributed by atoms with Crippen LogP contribution in [0.25, 0.3) is 21.0 Å². The molecule has 30 heavy (non-hydrogen) atoms. The van der Waals surface area contributed by atoms with Crippen molar-refractivity contribution in [2.24, 2.45) is 0 Å². The molecule has 4 rings (SSSR count). The molecule has 0 unspecified atom stereocenters. The van der Waals surface area contributed by atoms with Gasteiger partial charge in [-0.3, -0.25) is 4.79 Å². The normalized spacial score (nSPS) is 10.7. The van der Waals surface area contributed by atoms with Crippen LogP contribution in [0, 0.1) is 6.92 Å². The number of thiazole rings is 1. The van der Waals surface area contributed by atoms with E-state index in [1.165, 1.54) is 11.1 Å². The van der Waals surface area contributed by atoms with E-state index in [4.69, 9.17) is 4.98 Å². The lowest BCUT2D eigenvalue weighted by molar-refractivity contribution is -0.120. The molecule has 0 radical (unpaired) electrons. The van der Waals surface area contributed by atoms with Gasteiger partial charge in [0, 0.05) is 12.1 Å². The van der Waals surface area contributed by atoms with Crippen molar-refractivity contribution in [3.8, 4) is 21.0 Å². The van der Waals surface area contributed by atoms with Gasteiger partial charge in [-0.2, -0.15) is 0 Å². The highest BCUT2D eigenvalue weighted by Gasteiger charge is 2.17. The summed E-state index contributed by atoms with van der Waals surface area (Å²) in [6.07, 6.45) is 1.10. The van der Waals surface area contributed by atoms with E-state index in [0.29, 0.717) is 6.54 Å². The Hall–Kier alpha value is -3.24. The number of benzene rings is 3. The maximum atomic E-state index is 12.6. The molecular weight excluding hydrogens is 388 g/mol. The number of rotatable bonds is 7. The predicted octanol–water partition coefficient (Wildman–Crippen LogP) is 5.69. The second-order valence-corrected chi connectivity index (χ2v) is 8.29. The van der Waals surface area contributed by atoms with Gasteiger partial charge < -0.3 is 5.32 Å². The Labute approximate surface area is 181 Å². The molecular formula is C26H24N2OS. The molecule has 3 nitrogen and oxygen atoms in total. The minimum absolute atomic E-state index is 0.00389. The number of carbonyl (C=O) groups excluding carboxylic acids is 1. The molecule has 0 aliphatic carbocycles. The number of carbonyl (C=O) groups is 1. The third kappa shape index (κ3) is 5.02. The van der Waals surface area contributed by atoms with Gasteiger partial charge in [-0.05, 0) is 24.5 Å². The molecule has 0 atom stereocenters. The fourth-order valence-electron chi connectivity index (χ4n) is 3.31. The van der Waals surface area contributed by atoms with Crippen LogP contribution in [0.2, 0.25) is 0 Å². The minimum atomic E-state index is 0.00389. The fraction of sp³-hybridized carbons (Fsp3) is 0.154. The van der Waals surface area contributed by atoms with Gasteiger partial charge in [0.25, 0.3) is 0 Å². The maximum absolute atomic E-state index is 12.6. The van der Waals surface area contributed by atoms with Crippen molar-refractivity contribution >= 4 is 17.2 Å². The predicted molar refractivity (Wildman–Crippen MR) is 125 cm³/mol. The van der Waals surface area contributed by atoms with Crippen LogP contribution in [0.5, 0.6) is 0 Å². The molecule has 0 saturated carbocycles. The lowest BCUT2D eigenvalue weighted by Gasteiger charge is -2.06. The van der Waals surface area contributed by atoms with E-state index in [0.717, 1.165) is 33.1 Å². The fourth-order valence-corrected chi connectivity index (χ4v) is 4.40. The number of hydrogen-bond donors (Lipinski definition) is 1. The smallest absolute Gasteiger partial charge is 0.226 e. The summed E-state index contributed by atoms with van der Waals surface area (Å²) in [6.45, 7) is 2.70. The number of nitrogens with zero attached hydrogens (tertiary/aromatic N) is 1. The third-order valence-electron chi connectivity index (χ3n) is 4.94. The Morgan fingerprint density at radius 2 is 1.53 bits per heavy atom. The largest absolute Gasteiger partial charge is 0.355 e. The summed E-state index contributed by atoms with van der Waals surface area (Å²) in [5, 5.41) is 3.98. The van der Waals surface area contributed by atoms with Gasteiger partial charge in [0.05, 0.1) is 17.0 Å². The van der Waals surface area contributed by atoms with Crippen molar-refractivity contribution in [2.45, 2.75) is 19.8 Å². The van der Waals surface area contributed by atoms with Crippen molar-refractivity contribution in [3.63, 3.8) is 0 Å². The van der Waals surface area contributed by atoms with Crippen molar-refractivity contribution in [1.29, 1.82) is 0 Å². The Balaban J connectivity index is 1.52. The summed E-state index contributed by atoms with van der Waals surface area (Å²) < 4.78 is 0. The van der Waals surface area contributed by atoms with Gasteiger partial charge in [0.1, 0.15) is 5.01 Å². The van der Waals surface area contributed by atoms with E-state index in [9.17, 15) is 4.79 Å². The van der Waals surface area contributed by atoms with E-state index in [2.05, 4.69) is 60.8 Å². The highest BCUT2D eigenvalue weighted by molar-refractivity contribution is 7.18. The van der Waals surface area contributed by atoms with Crippen molar-refractivity contribution < 1.29 is 4.79 Å². The van der Waals surface area contributed by atoms with Crippen LogP contribution in [-0.2, 0) is 17.6 Å². The van der Waals surface area contributed by atoms with Gasteiger partial charge in [0.15, 0.2) is 0 Å². The highest BCUT2D eigenvalue weighted by atomic mass is 32.1. The molecule has 1 amide bonds. The topological polar surface area (TPSA) is 42.0 Å². The first kappa shape index (κ1) is 20.0. The van der Waals surface area contributed by atoms with Gasteiger partial charge in [-0.1, -0.05) is 90.5 Å². The molecule has 0 bridgehead atoms. The summed E-state index contributed by atoms with van der Waals surface area (Å²) >= 11 is 1.64. The molecule has 4 aromatic rings. The summed E-state index contributed by atoms with van der Waals surface area (Å²) in [7, 11) is 0. The van der Waals surface area contributed by atoms with E-state index in [-0.39, 0.29) is 12.3 Å². The summed E-state index contributed by atoms with van der Waals surface area (Å²) in [5.74, 6) is 0.00389. The highest BCUT2D eigenvalue weighted by Crippen LogP contribution is 2.35. The van der Waals surface area contributed by atoms with Crippen LogP contribution in [0.15, 0.2) is 84.9 Å². The molecule has 0 fully saturated rings. The van der Waals surface area contributed by atoms with Crippen LogP contribution >= 0.6 is 11.3 Å². The molecule has 1 heterocycles. The average molecular weight is 413 g/mol. The zero-order chi connectivity index (χ0) is 20.8. The lowest BCUT2D eigenvalue weighted by Crippen LogP contribution is -2.27. The second kappa shape index (κ2) is 9.51. The first-order valence-corrected chi connectivity index (χ1v) is 10.9. The Kier molecular flexibility index (Phi) is 6.35. The van der Waals surface area contributed by atoms with Crippen LogP contribution in [0.4, 0.5) is 0 Å². The number of nitrogens with one attached hydrogen (secondary N) is 1. The summed E-state index contributed by atoms with van der Waals surface area (Å²) in [4.78, 5) is 18.5. The zero-order valence-electron chi connectivity index (χ0n) is 17.0. The van der Waals surface area contributed by atoms with Crippen LogP contribution in [-0.4, -0.2) is 17.4 Å². The van der Waals surface area contributed by atoms with Crippen molar-refractivity contribution in [3.05, 3.63) is 102 Å². The van der Waals surface area contributed by atoms with Gasteiger partial charge in [-0.15, -0.1) is 11.3 Å². The van der Waals surface area contributed by atoms with E-state index >= 15 is 0 Å². The maximum Gasteiger partial charge on any atom is 0.226 e. The van der Waals surface area contributed by atoms with Crippen LogP contribution in [0.3, 0.4) is 0 Å². The molecule has 1 N–H and O–H groups in total. The Bertz CT molecular complexity index is 1100. The minimum Gasteiger partial charge on any atom is -0.355 e. The van der Waals surface area contributed by atoms with E-state index in [1.807, 2.05) is 36.4 Å². The second-order valence-electron chi connectivity index (χ2n) is 7.29. The lowest BCUT2D eigenvalue weighted by atomic mass is 10.1. The molecule has 3 aromatic carbocycles. The third-order valence-corrected chi connectivity index (χ3v) is 6.13. The molecule has 0 saturated heterocycles. The monoisotopic (exact) mass is 412 g/mol. The summed E-state index contributed by atoms with van der Waals surface area (Å²) in [6, 6.07) is 28.7. The number of amides is 1. The molecule has 4 heteroatoms. The molecule has 0 spiro atoms. The molecule has 0 aliphatic rings. The Morgan fingerprint density at radius 3 is 2.23 bits per heavy atom. The standard InChI is InChI=1S/C26H24N2OS/c1-19-12-14-21(15-13-19)25-23(28-26(30-25)22-10-6-3-7-11-22)18-24(29)27-17-16-20-8-4-2-5-9-20/h2-15H,16-18H2,1H3,(H,27,29). The Morgan fingerprint density at radius 1 is 0.867 bits per heavy atom. The SMILES string of the molecule is Cc1ccc(-c2sc(-c3ccccc3)nc2CC(=O)NCCc2ccccc2)cc1. The molecule has 0 aliphatic heterocycles.